The lowest BCUT2D eigenvalue weighted by Crippen LogP contribution is -2.46. The van der Waals surface area contributed by atoms with Gasteiger partial charge in [-0.2, -0.15) is 0 Å². The van der Waals surface area contributed by atoms with E-state index in [1.54, 1.807) is 4.90 Å². The number of ether oxygens (including phenoxy) is 1. The van der Waals surface area contributed by atoms with Crippen molar-refractivity contribution in [3.05, 3.63) is 0 Å². The Morgan fingerprint density at radius 3 is 2.80 bits per heavy atom. The number of urea groups is 1. The fourth-order valence-electron chi connectivity index (χ4n) is 1.20. The van der Waals surface area contributed by atoms with Gasteiger partial charge in [0.2, 0.25) is 0 Å². The quantitative estimate of drug-likeness (QED) is 0.352. The number of thioether (sulfide) groups is 1. The van der Waals surface area contributed by atoms with Gasteiger partial charge < -0.3 is 20.7 Å². The number of amides is 2. The first-order valence-corrected chi connectivity index (χ1v) is 5.76. The van der Waals surface area contributed by atoms with Crippen LogP contribution in [0.4, 0.5) is 4.79 Å². The zero-order valence-corrected chi connectivity index (χ0v) is 9.31. The molecule has 1 rings (SSSR count). The number of nitrogens with two attached hydrogens (primary N) is 1. The molecule has 1 aliphatic rings. The van der Waals surface area contributed by atoms with Gasteiger partial charge in [-0.25, -0.2) is 4.79 Å². The van der Waals surface area contributed by atoms with Gasteiger partial charge in [0.15, 0.2) is 5.17 Å². The minimum Gasteiger partial charge on any atom is -0.379 e. The predicted octanol–water partition coefficient (Wildman–Crippen LogP) is -0.345. The summed E-state index contributed by atoms with van der Waals surface area (Å²) in [5.41, 5.74) is 5.16. The summed E-state index contributed by atoms with van der Waals surface area (Å²) >= 11 is 1.22. The third-order valence-electron chi connectivity index (χ3n) is 1.93. The first-order valence-electron chi connectivity index (χ1n) is 4.77. The molecule has 7 heteroatoms. The van der Waals surface area contributed by atoms with E-state index in [1.165, 1.54) is 11.8 Å². The monoisotopic (exact) mass is 232 g/mol. The average Bonchev–Trinajstić information content (AvgIpc) is 2.25. The molecule has 0 radical (unpaired) electrons. The number of amidine groups is 1. The maximum absolute atomic E-state index is 11.5. The molecule has 6 nitrogen and oxygen atoms in total. The van der Waals surface area contributed by atoms with Crippen LogP contribution in [-0.4, -0.2) is 54.7 Å². The SMILES string of the molecule is N=C(N)SCCNC(=O)N1CCOCC1. The second-order valence-electron chi connectivity index (χ2n) is 3.04. The number of carbonyl (C=O) groups is 1. The van der Waals surface area contributed by atoms with Gasteiger partial charge in [0.1, 0.15) is 0 Å². The summed E-state index contributed by atoms with van der Waals surface area (Å²) in [6.45, 7) is 3.03. The number of nitrogens with zero attached hydrogens (tertiary/aromatic N) is 1. The van der Waals surface area contributed by atoms with Crippen molar-refractivity contribution in [2.75, 3.05) is 38.6 Å². The first kappa shape index (κ1) is 12.1. The van der Waals surface area contributed by atoms with Crippen molar-refractivity contribution in [2.24, 2.45) is 5.73 Å². The van der Waals surface area contributed by atoms with Crippen LogP contribution in [0.2, 0.25) is 0 Å². The van der Waals surface area contributed by atoms with E-state index in [0.29, 0.717) is 38.6 Å². The van der Waals surface area contributed by atoms with Crippen LogP contribution in [0, 0.1) is 5.41 Å². The summed E-state index contributed by atoms with van der Waals surface area (Å²) in [5, 5.41) is 9.82. The minimum absolute atomic E-state index is 0.0672. The Hall–Kier alpha value is -0.950. The first-order chi connectivity index (χ1) is 7.20. The molecule has 0 aromatic rings. The van der Waals surface area contributed by atoms with Gasteiger partial charge in [-0.15, -0.1) is 0 Å². The topological polar surface area (TPSA) is 91.4 Å². The van der Waals surface area contributed by atoms with E-state index in [4.69, 9.17) is 15.9 Å². The van der Waals surface area contributed by atoms with Crippen molar-refractivity contribution in [2.45, 2.75) is 0 Å². The van der Waals surface area contributed by atoms with Gasteiger partial charge >= 0.3 is 6.03 Å². The van der Waals surface area contributed by atoms with Gasteiger partial charge in [-0.05, 0) is 0 Å². The molecule has 1 heterocycles. The lowest BCUT2D eigenvalue weighted by molar-refractivity contribution is 0.0533. The van der Waals surface area contributed by atoms with E-state index >= 15 is 0 Å². The van der Waals surface area contributed by atoms with Crippen molar-refractivity contribution < 1.29 is 9.53 Å². The third-order valence-corrected chi connectivity index (χ3v) is 2.65. The van der Waals surface area contributed by atoms with Crippen LogP contribution in [0.25, 0.3) is 0 Å². The molecule has 1 saturated heterocycles. The summed E-state index contributed by atoms with van der Waals surface area (Å²) in [4.78, 5) is 13.2. The molecule has 0 atom stereocenters. The van der Waals surface area contributed by atoms with Crippen LogP contribution in [-0.2, 0) is 4.74 Å². The fourth-order valence-corrected chi connectivity index (χ4v) is 1.62. The van der Waals surface area contributed by atoms with E-state index in [2.05, 4.69) is 5.32 Å². The molecule has 0 spiro atoms. The van der Waals surface area contributed by atoms with Crippen molar-refractivity contribution in [3.8, 4) is 0 Å². The molecule has 0 unspecified atom stereocenters. The second kappa shape index (κ2) is 6.52. The Morgan fingerprint density at radius 2 is 2.20 bits per heavy atom. The molecule has 0 aromatic carbocycles. The number of carbonyl (C=O) groups excluding carboxylic acids is 1. The Morgan fingerprint density at radius 1 is 1.53 bits per heavy atom. The van der Waals surface area contributed by atoms with E-state index in [9.17, 15) is 4.79 Å². The Balaban J connectivity index is 2.09. The maximum Gasteiger partial charge on any atom is 0.317 e. The zero-order valence-electron chi connectivity index (χ0n) is 8.49. The molecular formula is C8H16N4O2S. The van der Waals surface area contributed by atoms with Gasteiger partial charge in [0.25, 0.3) is 0 Å². The van der Waals surface area contributed by atoms with Crippen LogP contribution in [0.3, 0.4) is 0 Å². The molecule has 0 saturated carbocycles. The van der Waals surface area contributed by atoms with Crippen LogP contribution in [0.1, 0.15) is 0 Å². The molecule has 86 valence electrons. The molecule has 0 aliphatic carbocycles. The average molecular weight is 232 g/mol. The van der Waals surface area contributed by atoms with E-state index < -0.39 is 0 Å². The Kier molecular flexibility index (Phi) is 5.27. The lowest BCUT2D eigenvalue weighted by Gasteiger charge is -2.26. The fraction of sp³-hybridized carbons (Fsp3) is 0.750. The van der Waals surface area contributed by atoms with Crippen molar-refractivity contribution >= 4 is 23.0 Å². The summed E-state index contributed by atoms with van der Waals surface area (Å²) in [7, 11) is 0. The van der Waals surface area contributed by atoms with E-state index in [-0.39, 0.29) is 11.2 Å². The molecule has 2 amide bonds. The smallest absolute Gasteiger partial charge is 0.317 e. The highest BCUT2D eigenvalue weighted by atomic mass is 32.2. The molecule has 1 aliphatic heterocycles. The molecule has 1 fully saturated rings. The normalized spacial score (nSPS) is 16.1. The largest absolute Gasteiger partial charge is 0.379 e. The highest BCUT2D eigenvalue weighted by molar-refractivity contribution is 8.13. The van der Waals surface area contributed by atoms with Crippen LogP contribution >= 0.6 is 11.8 Å². The van der Waals surface area contributed by atoms with E-state index in [0.717, 1.165) is 0 Å². The van der Waals surface area contributed by atoms with Crippen molar-refractivity contribution in [1.29, 1.82) is 5.41 Å². The lowest BCUT2D eigenvalue weighted by atomic mass is 10.4. The standard InChI is InChI=1S/C8H16N4O2S/c9-7(10)15-6-1-11-8(13)12-2-4-14-5-3-12/h1-6H2,(H3,9,10)(H,11,13). The Bertz CT molecular complexity index is 231. The molecule has 15 heavy (non-hydrogen) atoms. The summed E-state index contributed by atoms with van der Waals surface area (Å²) in [6.07, 6.45) is 0. The van der Waals surface area contributed by atoms with Gasteiger partial charge in [-0.3, -0.25) is 5.41 Å². The van der Waals surface area contributed by atoms with Crippen LogP contribution < -0.4 is 11.1 Å². The number of hydrogen-bond acceptors (Lipinski definition) is 4. The van der Waals surface area contributed by atoms with Gasteiger partial charge in [0, 0.05) is 25.4 Å². The van der Waals surface area contributed by atoms with Gasteiger partial charge in [-0.1, -0.05) is 11.8 Å². The number of rotatable bonds is 3. The van der Waals surface area contributed by atoms with Crippen LogP contribution in [0.15, 0.2) is 0 Å². The summed E-state index contributed by atoms with van der Waals surface area (Å²) < 4.78 is 5.14. The van der Waals surface area contributed by atoms with Crippen molar-refractivity contribution in [3.63, 3.8) is 0 Å². The molecular weight excluding hydrogens is 216 g/mol. The maximum atomic E-state index is 11.5. The van der Waals surface area contributed by atoms with Crippen molar-refractivity contribution in [1.82, 2.24) is 10.2 Å². The molecule has 4 N–H and O–H groups in total. The van der Waals surface area contributed by atoms with Crippen LogP contribution in [0.5, 0.6) is 0 Å². The number of morpholine rings is 1. The Labute approximate surface area is 93.0 Å². The third kappa shape index (κ3) is 4.89. The minimum atomic E-state index is -0.0672. The molecule has 0 bridgehead atoms. The predicted molar refractivity (Wildman–Crippen MR) is 60.2 cm³/mol. The highest BCUT2D eigenvalue weighted by Gasteiger charge is 2.15. The molecule has 0 aromatic heterocycles. The second-order valence-corrected chi connectivity index (χ2v) is 4.18. The number of hydrogen-bond donors (Lipinski definition) is 3. The summed E-state index contributed by atoms with van der Waals surface area (Å²) in [5.74, 6) is 0.630. The number of nitrogens with one attached hydrogen (secondary N) is 2. The zero-order chi connectivity index (χ0) is 11.1. The van der Waals surface area contributed by atoms with E-state index in [1.807, 2.05) is 0 Å². The van der Waals surface area contributed by atoms with Gasteiger partial charge in [0.05, 0.1) is 13.2 Å². The highest BCUT2D eigenvalue weighted by Crippen LogP contribution is 1.98. The summed E-state index contributed by atoms with van der Waals surface area (Å²) in [6, 6.07) is -0.0672.